The number of aliphatic imine (C=N–C) groups is 1. The van der Waals surface area contributed by atoms with Crippen LogP contribution in [0.2, 0.25) is 0 Å². The van der Waals surface area contributed by atoms with Gasteiger partial charge in [-0.05, 0) is 18.9 Å². The van der Waals surface area contributed by atoms with E-state index in [0.717, 1.165) is 10.0 Å². The molecule has 104 valence electrons. The highest BCUT2D eigenvalue weighted by Crippen LogP contribution is 2.19. The Hall–Kier alpha value is -0.870. The zero-order valence-corrected chi connectivity index (χ0v) is 13.2. The summed E-state index contributed by atoms with van der Waals surface area (Å²) in [6.07, 6.45) is 9.91. The maximum absolute atomic E-state index is 4.48. The maximum Gasteiger partial charge on any atom is 0.103 e. The molecule has 5 heteroatoms. The second kappa shape index (κ2) is 9.10. The number of rotatable bonds is 4. The molecule has 1 fully saturated rings. The van der Waals surface area contributed by atoms with Gasteiger partial charge in [0.05, 0.1) is 12.3 Å². The van der Waals surface area contributed by atoms with E-state index in [1.54, 1.807) is 12.6 Å². The Morgan fingerprint density at radius 2 is 1.89 bits per heavy atom. The van der Waals surface area contributed by atoms with E-state index in [1.807, 2.05) is 24.3 Å². The van der Waals surface area contributed by atoms with Crippen molar-refractivity contribution in [3.63, 3.8) is 0 Å². The lowest BCUT2D eigenvalue weighted by Crippen LogP contribution is -2.12. The van der Waals surface area contributed by atoms with Crippen molar-refractivity contribution in [1.82, 2.24) is 5.43 Å². The molecule has 0 unspecified atom stereocenters. The van der Waals surface area contributed by atoms with Gasteiger partial charge in [0.15, 0.2) is 0 Å². The molecule has 1 aromatic carbocycles. The van der Waals surface area contributed by atoms with E-state index >= 15 is 0 Å². The lowest BCUT2D eigenvalue weighted by molar-refractivity contribution is 0.443. The number of nitrogens with one attached hydrogen (secondary N) is 1. The van der Waals surface area contributed by atoms with Crippen molar-refractivity contribution in [2.75, 3.05) is 0 Å². The number of hydrogen-bond donors (Lipinski definition) is 1. The van der Waals surface area contributed by atoms with Crippen molar-refractivity contribution in [2.45, 2.75) is 38.1 Å². The van der Waals surface area contributed by atoms with Gasteiger partial charge in [0.1, 0.15) is 6.34 Å². The minimum Gasteiger partial charge on any atom is -0.271 e. The summed E-state index contributed by atoms with van der Waals surface area (Å²) < 4.78 is 1.04. The molecule has 0 heterocycles. The van der Waals surface area contributed by atoms with Crippen molar-refractivity contribution in [3.05, 3.63) is 34.3 Å². The summed E-state index contributed by atoms with van der Waals surface area (Å²) in [4.78, 5) is 4.48. The molecule has 0 radical (unpaired) electrons. The van der Waals surface area contributed by atoms with Crippen LogP contribution in [0.5, 0.6) is 0 Å². The van der Waals surface area contributed by atoms with Crippen LogP contribution in [-0.4, -0.2) is 18.6 Å². The summed E-state index contributed by atoms with van der Waals surface area (Å²) in [6, 6.07) is 8.47. The van der Waals surface area contributed by atoms with Crippen molar-refractivity contribution in [3.8, 4) is 0 Å². The Morgan fingerprint density at radius 3 is 2.63 bits per heavy atom. The summed E-state index contributed by atoms with van der Waals surface area (Å²) in [5.41, 5.74) is 3.92. The predicted molar refractivity (Wildman–Crippen MR) is 87.5 cm³/mol. The van der Waals surface area contributed by atoms with Crippen LogP contribution in [0.15, 0.2) is 38.8 Å². The highest BCUT2D eigenvalue weighted by molar-refractivity contribution is 9.10. The van der Waals surface area contributed by atoms with E-state index in [2.05, 4.69) is 31.4 Å². The summed E-state index contributed by atoms with van der Waals surface area (Å²) in [7, 11) is 0. The Labute approximate surface area is 129 Å². The molecule has 2 rings (SSSR count). The summed E-state index contributed by atoms with van der Waals surface area (Å²) in [5.74, 6) is 0. The van der Waals surface area contributed by atoms with E-state index in [4.69, 9.17) is 0 Å². The first-order valence-electron chi connectivity index (χ1n) is 6.41. The fourth-order valence-corrected chi connectivity index (χ4v) is 2.48. The maximum atomic E-state index is 4.48. The third-order valence-electron chi connectivity index (χ3n) is 3.10. The van der Waals surface area contributed by atoms with Gasteiger partial charge in [-0.25, -0.2) is 0 Å². The topological polar surface area (TPSA) is 36.8 Å². The monoisotopic (exact) mass is 343 g/mol. The van der Waals surface area contributed by atoms with E-state index in [-0.39, 0.29) is 12.4 Å². The zero-order chi connectivity index (χ0) is 12.6. The number of halogens is 2. The molecule has 0 saturated heterocycles. The van der Waals surface area contributed by atoms with Crippen LogP contribution >= 0.6 is 28.3 Å². The number of hydrazone groups is 1. The number of benzene rings is 1. The molecule has 0 aliphatic heterocycles. The standard InChI is InChI=1S/C14H18BrN3.ClH/c15-14-9-5-4-6-12(14)10-17-18-11-16-13-7-2-1-3-8-13;/h4-6,9-11,13H,1-3,7-8H2,(H,16,18);1H/b17-10+;. The Bertz CT molecular complexity index is 428. The van der Waals surface area contributed by atoms with Crippen LogP contribution in [0, 0.1) is 0 Å². The fraction of sp³-hybridized carbons (Fsp3) is 0.429. The molecule has 1 saturated carbocycles. The second-order valence-electron chi connectivity index (χ2n) is 4.48. The summed E-state index contributed by atoms with van der Waals surface area (Å²) in [5, 5.41) is 4.13. The first-order chi connectivity index (χ1) is 8.86. The third-order valence-corrected chi connectivity index (χ3v) is 3.82. The van der Waals surface area contributed by atoms with Gasteiger partial charge < -0.3 is 0 Å². The van der Waals surface area contributed by atoms with Crippen LogP contribution in [0.4, 0.5) is 0 Å². The predicted octanol–water partition coefficient (Wildman–Crippen LogP) is 4.16. The van der Waals surface area contributed by atoms with Crippen molar-refractivity contribution in [2.24, 2.45) is 10.1 Å². The van der Waals surface area contributed by atoms with Crippen LogP contribution in [0.25, 0.3) is 0 Å². The average molecular weight is 345 g/mol. The second-order valence-corrected chi connectivity index (χ2v) is 5.33. The van der Waals surface area contributed by atoms with Gasteiger partial charge in [0.2, 0.25) is 0 Å². The van der Waals surface area contributed by atoms with Gasteiger partial charge >= 0.3 is 0 Å². The van der Waals surface area contributed by atoms with Gasteiger partial charge in [0.25, 0.3) is 0 Å². The first-order valence-corrected chi connectivity index (χ1v) is 7.20. The van der Waals surface area contributed by atoms with Gasteiger partial charge in [-0.1, -0.05) is 53.4 Å². The quantitative estimate of drug-likeness (QED) is 0.497. The molecule has 0 amide bonds. The Balaban J connectivity index is 0.00000180. The van der Waals surface area contributed by atoms with Crippen LogP contribution < -0.4 is 5.43 Å². The normalized spacial score (nSPS) is 16.7. The molecular weight excluding hydrogens is 326 g/mol. The van der Waals surface area contributed by atoms with E-state index < -0.39 is 0 Å². The molecule has 1 aliphatic carbocycles. The minimum atomic E-state index is 0. The highest BCUT2D eigenvalue weighted by atomic mass is 79.9. The number of nitrogens with zero attached hydrogens (tertiary/aromatic N) is 2. The van der Waals surface area contributed by atoms with E-state index in [1.165, 1.54) is 32.1 Å². The van der Waals surface area contributed by atoms with E-state index in [0.29, 0.717) is 6.04 Å². The lowest BCUT2D eigenvalue weighted by Gasteiger charge is -2.16. The molecule has 1 N–H and O–H groups in total. The molecule has 19 heavy (non-hydrogen) atoms. The van der Waals surface area contributed by atoms with Gasteiger partial charge in [-0.2, -0.15) is 5.10 Å². The van der Waals surface area contributed by atoms with Crippen molar-refractivity contribution >= 4 is 40.9 Å². The van der Waals surface area contributed by atoms with E-state index in [9.17, 15) is 0 Å². The molecule has 0 bridgehead atoms. The lowest BCUT2D eigenvalue weighted by atomic mass is 9.96. The van der Waals surface area contributed by atoms with Crippen LogP contribution in [-0.2, 0) is 0 Å². The smallest absolute Gasteiger partial charge is 0.103 e. The van der Waals surface area contributed by atoms with Crippen molar-refractivity contribution in [1.29, 1.82) is 0 Å². The molecule has 0 spiro atoms. The van der Waals surface area contributed by atoms with Crippen LogP contribution in [0.3, 0.4) is 0 Å². The van der Waals surface area contributed by atoms with Crippen molar-refractivity contribution < 1.29 is 0 Å². The van der Waals surface area contributed by atoms with Gasteiger partial charge in [-0.15, -0.1) is 12.4 Å². The Morgan fingerprint density at radius 1 is 1.16 bits per heavy atom. The molecule has 0 aromatic heterocycles. The highest BCUT2D eigenvalue weighted by Gasteiger charge is 2.10. The van der Waals surface area contributed by atoms with Gasteiger partial charge in [-0.3, -0.25) is 10.4 Å². The van der Waals surface area contributed by atoms with Gasteiger partial charge in [0, 0.05) is 10.0 Å². The van der Waals surface area contributed by atoms with Crippen LogP contribution in [0.1, 0.15) is 37.7 Å². The summed E-state index contributed by atoms with van der Waals surface area (Å²) >= 11 is 3.48. The zero-order valence-electron chi connectivity index (χ0n) is 10.8. The Kier molecular flexibility index (Phi) is 7.75. The SMILES string of the molecule is Brc1ccccc1/C=N/NC=NC1CCCCC1.Cl. The third kappa shape index (κ3) is 5.74. The first kappa shape index (κ1) is 16.2. The minimum absolute atomic E-state index is 0. The molecule has 3 nitrogen and oxygen atoms in total. The average Bonchev–Trinajstić information content (AvgIpc) is 2.42. The molecule has 1 aromatic rings. The molecule has 1 aliphatic rings. The largest absolute Gasteiger partial charge is 0.271 e. The molecular formula is C14H19BrClN3. The molecule has 0 atom stereocenters. The number of hydrogen-bond acceptors (Lipinski definition) is 2. The summed E-state index contributed by atoms with van der Waals surface area (Å²) in [6.45, 7) is 0. The fourth-order valence-electron chi connectivity index (χ4n) is 2.09.